The van der Waals surface area contributed by atoms with Crippen LogP contribution in [0.15, 0.2) is 65.6 Å². The molecule has 0 spiro atoms. The Hall–Kier alpha value is -2.55. The number of halogens is 4. The molecule has 1 N–H and O–H groups in total. The first kappa shape index (κ1) is 19.8. The van der Waals surface area contributed by atoms with E-state index in [-0.39, 0.29) is 22.0 Å². The van der Waals surface area contributed by atoms with E-state index in [0.29, 0.717) is 11.3 Å². The van der Waals surface area contributed by atoms with Gasteiger partial charge in [0.15, 0.2) is 11.6 Å². The Bertz CT molecular complexity index is 1200. The molecule has 1 unspecified atom stereocenters. The van der Waals surface area contributed by atoms with Gasteiger partial charge in [-0.15, -0.1) is 0 Å². The van der Waals surface area contributed by atoms with E-state index in [2.05, 4.69) is 5.32 Å². The van der Waals surface area contributed by atoms with Crippen molar-refractivity contribution in [1.29, 1.82) is 0 Å². The maximum atomic E-state index is 13.9. The number of hydrogen-bond donors (Lipinski definition) is 1. The highest BCUT2D eigenvalue weighted by molar-refractivity contribution is 7.89. The van der Waals surface area contributed by atoms with E-state index in [1.54, 1.807) is 18.2 Å². The number of nitrogens with one attached hydrogen (secondary N) is 1. The van der Waals surface area contributed by atoms with Crippen molar-refractivity contribution in [3.8, 4) is 0 Å². The SMILES string of the molecule is O=S1(=O)c2ccccc2NC(c2ccc(F)c(F)c2)N1Cc1ccc(F)cc1Cl. The van der Waals surface area contributed by atoms with Gasteiger partial charge >= 0.3 is 0 Å². The van der Waals surface area contributed by atoms with Crippen LogP contribution in [0.3, 0.4) is 0 Å². The third kappa shape index (κ3) is 3.59. The molecule has 4 nitrogen and oxygen atoms in total. The lowest BCUT2D eigenvalue weighted by molar-refractivity contribution is 0.334. The van der Waals surface area contributed by atoms with E-state index in [1.807, 2.05) is 0 Å². The molecule has 1 atom stereocenters. The molecule has 1 aliphatic heterocycles. The fraction of sp³-hybridized carbons (Fsp3) is 0.100. The van der Waals surface area contributed by atoms with Crippen molar-refractivity contribution in [1.82, 2.24) is 4.31 Å². The summed E-state index contributed by atoms with van der Waals surface area (Å²) in [6, 6.07) is 13.1. The zero-order valence-corrected chi connectivity index (χ0v) is 16.3. The summed E-state index contributed by atoms with van der Waals surface area (Å²) in [7, 11) is -4.03. The molecule has 3 aromatic carbocycles. The largest absolute Gasteiger partial charge is 0.364 e. The van der Waals surface area contributed by atoms with Crippen molar-refractivity contribution >= 4 is 27.3 Å². The Kier molecular flexibility index (Phi) is 5.02. The molecule has 0 fully saturated rings. The van der Waals surface area contributed by atoms with Crippen molar-refractivity contribution < 1.29 is 21.6 Å². The summed E-state index contributed by atoms with van der Waals surface area (Å²) in [6.07, 6.45) is -1.02. The smallest absolute Gasteiger partial charge is 0.247 e. The van der Waals surface area contributed by atoms with Crippen LogP contribution in [-0.4, -0.2) is 12.7 Å². The molecule has 150 valence electrons. The first-order chi connectivity index (χ1) is 13.8. The van der Waals surface area contributed by atoms with Gasteiger partial charge in [-0.25, -0.2) is 21.6 Å². The van der Waals surface area contributed by atoms with Gasteiger partial charge in [-0.1, -0.05) is 35.9 Å². The lowest BCUT2D eigenvalue weighted by Gasteiger charge is -2.37. The molecule has 1 aliphatic rings. The second-order valence-corrected chi connectivity index (χ2v) is 8.77. The first-order valence-electron chi connectivity index (χ1n) is 8.53. The number of benzene rings is 3. The Morgan fingerprint density at radius 3 is 2.45 bits per heavy atom. The highest BCUT2D eigenvalue weighted by Crippen LogP contribution is 2.40. The second-order valence-electron chi connectivity index (χ2n) is 6.50. The lowest BCUT2D eigenvalue weighted by atomic mass is 10.1. The standard InChI is InChI=1S/C20H14ClF3N2O2S/c21-15-10-14(22)7-5-13(15)11-26-20(12-6-8-16(23)17(24)9-12)25-18-3-1-2-4-19(18)29(26,27)28/h1-10,20,25H,11H2. The van der Waals surface area contributed by atoms with Crippen molar-refractivity contribution in [3.05, 3.63) is 94.3 Å². The minimum atomic E-state index is -4.03. The molecular formula is C20H14ClF3N2O2S. The van der Waals surface area contributed by atoms with Gasteiger partial charge in [0.1, 0.15) is 16.9 Å². The summed E-state index contributed by atoms with van der Waals surface area (Å²) in [6.45, 7) is -0.202. The molecule has 4 rings (SSSR count). The van der Waals surface area contributed by atoms with E-state index >= 15 is 0 Å². The van der Waals surface area contributed by atoms with Crippen LogP contribution >= 0.6 is 11.6 Å². The van der Waals surface area contributed by atoms with Crippen LogP contribution in [-0.2, 0) is 16.6 Å². The molecule has 1 heterocycles. The van der Waals surface area contributed by atoms with Gasteiger partial charge in [0, 0.05) is 11.6 Å². The summed E-state index contributed by atoms with van der Waals surface area (Å²) in [5.74, 6) is -2.69. The topological polar surface area (TPSA) is 49.4 Å². The molecular weight excluding hydrogens is 425 g/mol. The maximum Gasteiger partial charge on any atom is 0.247 e. The van der Waals surface area contributed by atoms with Gasteiger partial charge in [-0.2, -0.15) is 4.31 Å². The van der Waals surface area contributed by atoms with Crippen LogP contribution in [0.5, 0.6) is 0 Å². The van der Waals surface area contributed by atoms with E-state index in [0.717, 1.165) is 22.5 Å². The number of sulfonamides is 1. The maximum absolute atomic E-state index is 13.9. The lowest BCUT2D eigenvalue weighted by Crippen LogP contribution is -2.42. The summed E-state index contributed by atoms with van der Waals surface area (Å²) >= 11 is 6.09. The van der Waals surface area contributed by atoms with Gasteiger partial charge in [0.2, 0.25) is 10.0 Å². The molecule has 0 aliphatic carbocycles. The zero-order chi connectivity index (χ0) is 20.8. The first-order valence-corrected chi connectivity index (χ1v) is 10.4. The van der Waals surface area contributed by atoms with Crippen LogP contribution in [0.1, 0.15) is 17.3 Å². The van der Waals surface area contributed by atoms with Crippen LogP contribution in [0.2, 0.25) is 5.02 Å². The van der Waals surface area contributed by atoms with Crippen molar-refractivity contribution in [2.45, 2.75) is 17.6 Å². The quantitative estimate of drug-likeness (QED) is 0.621. The number of fused-ring (bicyclic) bond motifs is 1. The van der Waals surface area contributed by atoms with E-state index < -0.39 is 33.6 Å². The van der Waals surface area contributed by atoms with Crippen molar-refractivity contribution in [2.75, 3.05) is 5.32 Å². The van der Waals surface area contributed by atoms with Gasteiger partial charge in [-0.05, 0) is 47.5 Å². The summed E-state index contributed by atoms with van der Waals surface area (Å²) in [5, 5.41) is 3.12. The van der Waals surface area contributed by atoms with Gasteiger partial charge in [0.05, 0.1) is 5.69 Å². The van der Waals surface area contributed by atoms with Crippen LogP contribution in [0.25, 0.3) is 0 Å². The van der Waals surface area contributed by atoms with E-state index in [1.165, 1.54) is 24.3 Å². The fourth-order valence-electron chi connectivity index (χ4n) is 3.22. The number of hydrogen-bond acceptors (Lipinski definition) is 3. The average molecular weight is 439 g/mol. The second kappa shape index (κ2) is 7.37. The number of para-hydroxylation sites is 1. The average Bonchev–Trinajstić information content (AvgIpc) is 2.68. The Balaban J connectivity index is 1.85. The van der Waals surface area contributed by atoms with Gasteiger partial charge in [-0.3, -0.25) is 0 Å². The Morgan fingerprint density at radius 2 is 1.72 bits per heavy atom. The van der Waals surface area contributed by atoms with Crippen molar-refractivity contribution in [3.63, 3.8) is 0 Å². The molecule has 0 saturated heterocycles. The highest BCUT2D eigenvalue weighted by Gasteiger charge is 2.39. The van der Waals surface area contributed by atoms with Crippen LogP contribution in [0.4, 0.5) is 18.9 Å². The van der Waals surface area contributed by atoms with E-state index in [9.17, 15) is 21.6 Å². The monoisotopic (exact) mass is 438 g/mol. The van der Waals surface area contributed by atoms with Crippen LogP contribution in [0, 0.1) is 17.5 Å². The number of anilines is 1. The van der Waals surface area contributed by atoms with Gasteiger partial charge in [0.25, 0.3) is 0 Å². The molecule has 0 radical (unpaired) electrons. The predicted octanol–water partition coefficient (Wildman–Crippen LogP) is 5.07. The molecule has 29 heavy (non-hydrogen) atoms. The Labute approximate surface area is 170 Å². The summed E-state index contributed by atoms with van der Waals surface area (Å²) in [5.41, 5.74) is 0.911. The molecule has 0 aromatic heterocycles. The fourth-order valence-corrected chi connectivity index (χ4v) is 5.12. The van der Waals surface area contributed by atoms with Gasteiger partial charge < -0.3 is 5.32 Å². The third-order valence-corrected chi connectivity index (χ3v) is 6.88. The third-order valence-electron chi connectivity index (χ3n) is 4.65. The molecule has 0 bridgehead atoms. The number of rotatable bonds is 3. The molecule has 0 amide bonds. The van der Waals surface area contributed by atoms with E-state index in [4.69, 9.17) is 11.6 Å². The minimum Gasteiger partial charge on any atom is -0.364 e. The predicted molar refractivity (Wildman–Crippen MR) is 103 cm³/mol. The summed E-state index contributed by atoms with van der Waals surface area (Å²) in [4.78, 5) is 0.0390. The normalized spacial score (nSPS) is 18.1. The molecule has 0 saturated carbocycles. The summed E-state index contributed by atoms with van der Waals surface area (Å²) < 4.78 is 68.4. The van der Waals surface area contributed by atoms with Crippen molar-refractivity contribution in [2.24, 2.45) is 0 Å². The Morgan fingerprint density at radius 1 is 0.966 bits per heavy atom. The highest BCUT2D eigenvalue weighted by atomic mass is 35.5. The molecule has 3 aromatic rings. The zero-order valence-electron chi connectivity index (χ0n) is 14.7. The number of nitrogens with zero attached hydrogens (tertiary/aromatic N) is 1. The molecule has 9 heteroatoms. The van der Waals surface area contributed by atoms with Crippen LogP contribution < -0.4 is 5.32 Å². The minimum absolute atomic E-state index is 0.0390.